The number of amides is 1. The van der Waals surface area contributed by atoms with Gasteiger partial charge in [-0.15, -0.1) is 0 Å². The molecule has 3 nitrogen and oxygen atoms in total. The lowest BCUT2D eigenvalue weighted by Crippen LogP contribution is -2.07. The predicted molar refractivity (Wildman–Crippen MR) is 102 cm³/mol. The van der Waals surface area contributed by atoms with Crippen molar-refractivity contribution in [2.24, 2.45) is 7.05 Å². The van der Waals surface area contributed by atoms with Crippen LogP contribution in [0.2, 0.25) is 5.02 Å². The normalized spacial score (nSPS) is 11.1. The van der Waals surface area contributed by atoms with E-state index in [0.717, 1.165) is 32.7 Å². The summed E-state index contributed by atoms with van der Waals surface area (Å²) < 4.78 is 2.04. The van der Waals surface area contributed by atoms with Crippen LogP contribution in [0.3, 0.4) is 0 Å². The number of aromatic nitrogens is 1. The molecule has 0 bridgehead atoms. The number of anilines is 1. The molecular formula is C20H17ClN2O. The fourth-order valence-electron chi connectivity index (χ4n) is 2.58. The molecule has 1 heterocycles. The second kappa shape index (κ2) is 6.77. The molecule has 0 aliphatic rings. The standard InChI is InChI=1S/C20H17ClN2O/c1-3-20(24)22-17-10-11-18-15(13-23(2)19(18)12-17)7-4-14-5-8-16(21)9-6-14/h3-13H,1H2,2H3,(H,22,24). The average Bonchev–Trinajstić information content (AvgIpc) is 2.90. The molecule has 0 aliphatic carbocycles. The van der Waals surface area contributed by atoms with E-state index in [1.165, 1.54) is 6.08 Å². The van der Waals surface area contributed by atoms with E-state index in [9.17, 15) is 4.79 Å². The summed E-state index contributed by atoms with van der Waals surface area (Å²) in [5.74, 6) is -0.216. The van der Waals surface area contributed by atoms with Crippen molar-refractivity contribution >= 4 is 46.3 Å². The van der Waals surface area contributed by atoms with Gasteiger partial charge in [0, 0.05) is 29.3 Å². The molecule has 4 heteroatoms. The number of carbonyl (C=O) groups is 1. The molecular weight excluding hydrogens is 320 g/mol. The third kappa shape index (κ3) is 3.42. The van der Waals surface area contributed by atoms with Gasteiger partial charge in [-0.2, -0.15) is 0 Å². The first-order chi connectivity index (χ1) is 11.6. The summed E-state index contributed by atoms with van der Waals surface area (Å²) >= 11 is 5.91. The molecule has 0 saturated heterocycles. The van der Waals surface area contributed by atoms with Crippen LogP contribution in [-0.4, -0.2) is 10.5 Å². The van der Waals surface area contributed by atoms with Crippen LogP contribution in [0.1, 0.15) is 11.1 Å². The number of carbonyl (C=O) groups excluding carboxylic acids is 1. The second-order valence-electron chi connectivity index (χ2n) is 5.51. The van der Waals surface area contributed by atoms with Crippen LogP contribution >= 0.6 is 11.6 Å². The van der Waals surface area contributed by atoms with E-state index in [1.807, 2.05) is 54.1 Å². The summed E-state index contributed by atoms with van der Waals surface area (Å²) in [5, 5.41) is 4.64. The lowest BCUT2D eigenvalue weighted by atomic mass is 10.1. The summed E-state index contributed by atoms with van der Waals surface area (Å²) in [4.78, 5) is 11.4. The van der Waals surface area contributed by atoms with Crippen molar-refractivity contribution in [3.63, 3.8) is 0 Å². The average molecular weight is 337 g/mol. The van der Waals surface area contributed by atoms with Crippen molar-refractivity contribution < 1.29 is 4.79 Å². The number of nitrogens with one attached hydrogen (secondary N) is 1. The van der Waals surface area contributed by atoms with Gasteiger partial charge in [0.2, 0.25) is 5.91 Å². The summed E-state index contributed by atoms with van der Waals surface area (Å²) in [6.45, 7) is 3.46. The molecule has 120 valence electrons. The highest BCUT2D eigenvalue weighted by atomic mass is 35.5. The summed E-state index contributed by atoms with van der Waals surface area (Å²) in [5.41, 5.74) is 4.00. The van der Waals surface area contributed by atoms with Crippen molar-refractivity contribution in [1.29, 1.82) is 0 Å². The molecule has 0 radical (unpaired) electrons. The van der Waals surface area contributed by atoms with Crippen molar-refractivity contribution in [2.75, 3.05) is 5.32 Å². The van der Waals surface area contributed by atoms with Gasteiger partial charge in [-0.05, 0) is 41.5 Å². The fraction of sp³-hybridized carbons (Fsp3) is 0.0500. The largest absolute Gasteiger partial charge is 0.350 e. The molecule has 24 heavy (non-hydrogen) atoms. The van der Waals surface area contributed by atoms with Crippen LogP contribution in [0, 0.1) is 0 Å². The Hall–Kier alpha value is -2.78. The predicted octanol–water partition coefficient (Wildman–Crippen LogP) is 5.13. The smallest absolute Gasteiger partial charge is 0.247 e. The molecule has 1 aromatic heterocycles. The Labute approximate surface area is 145 Å². The topological polar surface area (TPSA) is 34.0 Å². The maximum Gasteiger partial charge on any atom is 0.247 e. The number of aryl methyl sites for hydroxylation is 1. The highest BCUT2D eigenvalue weighted by molar-refractivity contribution is 6.30. The summed E-state index contributed by atoms with van der Waals surface area (Å²) in [6, 6.07) is 13.6. The van der Waals surface area contributed by atoms with E-state index in [2.05, 4.69) is 30.2 Å². The number of halogens is 1. The molecule has 0 saturated carbocycles. The zero-order valence-corrected chi connectivity index (χ0v) is 14.0. The van der Waals surface area contributed by atoms with Crippen LogP contribution < -0.4 is 5.32 Å². The number of hydrogen-bond donors (Lipinski definition) is 1. The lowest BCUT2D eigenvalue weighted by Gasteiger charge is -2.03. The molecule has 0 aliphatic heterocycles. The van der Waals surface area contributed by atoms with Gasteiger partial charge in [0.25, 0.3) is 0 Å². The van der Waals surface area contributed by atoms with Gasteiger partial charge in [-0.1, -0.05) is 48.5 Å². The SMILES string of the molecule is C=CC(=O)Nc1ccc2c(C=Cc3ccc(Cl)cc3)cn(C)c2c1. The Kier molecular flexibility index (Phi) is 4.54. The van der Waals surface area contributed by atoms with Crippen molar-refractivity contribution in [2.45, 2.75) is 0 Å². The monoisotopic (exact) mass is 336 g/mol. The number of benzene rings is 2. The quantitative estimate of drug-likeness (QED) is 0.659. The van der Waals surface area contributed by atoms with E-state index < -0.39 is 0 Å². The van der Waals surface area contributed by atoms with Gasteiger partial charge in [0.15, 0.2) is 0 Å². The zero-order chi connectivity index (χ0) is 17.1. The van der Waals surface area contributed by atoms with Crippen molar-refractivity contribution in [3.05, 3.63) is 77.5 Å². The lowest BCUT2D eigenvalue weighted by molar-refractivity contribution is -0.111. The summed E-state index contributed by atoms with van der Waals surface area (Å²) in [6.07, 6.45) is 7.46. The van der Waals surface area contributed by atoms with Gasteiger partial charge in [-0.3, -0.25) is 4.79 Å². The molecule has 3 aromatic rings. The number of fused-ring (bicyclic) bond motifs is 1. The molecule has 3 rings (SSSR count). The van der Waals surface area contributed by atoms with E-state index in [4.69, 9.17) is 11.6 Å². The van der Waals surface area contributed by atoms with Gasteiger partial charge in [-0.25, -0.2) is 0 Å². The minimum absolute atomic E-state index is 0.216. The third-order valence-electron chi connectivity index (χ3n) is 3.80. The van der Waals surface area contributed by atoms with E-state index in [-0.39, 0.29) is 5.91 Å². The fourth-order valence-corrected chi connectivity index (χ4v) is 2.71. The molecule has 0 unspecified atom stereocenters. The summed E-state index contributed by atoms with van der Waals surface area (Å²) in [7, 11) is 1.99. The number of nitrogens with zero attached hydrogens (tertiary/aromatic N) is 1. The molecule has 2 aromatic carbocycles. The maximum absolute atomic E-state index is 11.4. The first-order valence-electron chi connectivity index (χ1n) is 7.53. The van der Waals surface area contributed by atoms with Gasteiger partial charge >= 0.3 is 0 Å². The maximum atomic E-state index is 11.4. The zero-order valence-electron chi connectivity index (χ0n) is 13.3. The highest BCUT2D eigenvalue weighted by Crippen LogP contribution is 2.26. The van der Waals surface area contributed by atoms with Crippen LogP contribution in [0.25, 0.3) is 23.1 Å². The Morgan fingerprint density at radius 3 is 2.62 bits per heavy atom. The third-order valence-corrected chi connectivity index (χ3v) is 4.05. The Bertz CT molecular complexity index is 936. The van der Waals surface area contributed by atoms with Crippen molar-refractivity contribution in [3.8, 4) is 0 Å². The van der Waals surface area contributed by atoms with E-state index in [0.29, 0.717) is 0 Å². The molecule has 1 N–H and O–H groups in total. The van der Waals surface area contributed by atoms with Crippen LogP contribution in [0.4, 0.5) is 5.69 Å². The van der Waals surface area contributed by atoms with Crippen LogP contribution in [0.5, 0.6) is 0 Å². The van der Waals surface area contributed by atoms with Gasteiger partial charge < -0.3 is 9.88 Å². The van der Waals surface area contributed by atoms with Gasteiger partial charge in [0.05, 0.1) is 5.52 Å². The molecule has 0 spiro atoms. The second-order valence-corrected chi connectivity index (χ2v) is 5.94. The number of rotatable bonds is 4. The Balaban J connectivity index is 1.93. The van der Waals surface area contributed by atoms with E-state index >= 15 is 0 Å². The highest BCUT2D eigenvalue weighted by Gasteiger charge is 2.06. The molecule has 1 amide bonds. The van der Waals surface area contributed by atoms with Crippen molar-refractivity contribution in [1.82, 2.24) is 4.57 Å². The molecule has 0 atom stereocenters. The van der Waals surface area contributed by atoms with Crippen LogP contribution in [0.15, 0.2) is 61.3 Å². The minimum atomic E-state index is -0.216. The first kappa shape index (κ1) is 16.1. The van der Waals surface area contributed by atoms with Gasteiger partial charge in [0.1, 0.15) is 0 Å². The number of hydrogen-bond acceptors (Lipinski definition) is 1. The minimum Gasteiger partial charge on any atom is -0.350 e. The first-order valence-corrected chi connectivity index (χ1v) is 7.91. The molecule has 0 fully saturated rings. The Morgan fingerprint density at radius 1 is 1.17 bits per heavy atom. The van der Waals surface area contributed by atoms with E-state index in [1.54, 1.807) is 0 Å². The van der Waals surface area contributed by atoms with Crippen LogP contribution in [-0.2, 0) is 11.8 Å². The Morgan fingerprint density at radius 2 is 1.92 bits per heavy atom.